The van der Waals surface area contributed by atoms with Gasteiger partial charge in [0.2, 0.25) is 5.82 Å². The third kappa shape index (κ3) is 3.97. The normalized spacial score (nSPS) is 25.3. The molecule has 12 heteroatoms. The summed E-state index contributed by atoms with van der Waals surface area (Å²) in [5.41, 5.74) is -1.90. The Kier molecular flexibility index (Phi) is 5.21. The quantitative estimate of drug-likeness (QED) is 0.449. The van der Waals surface area contributed by atoms with Crippen LogP contribution in [0.15, 0.2) is 28.0 Å². The Morgan fingerprint density at radius 1 is 1.44 bits per heavy atom. The number of carbonyl (C=O) groups excluding carboxylic acids is 1. The second-order valence-corrected chi connectivity index (χ2v) is 6.20. The number of nitrogens with zero attached hydrogens (tertiary/aromatic N) is 3. The highest BCUT2D eigenvalue weighted by Gasteiger charge is 2.39. The van der Waals surface area contributed by atoms with Gasteiger partial charge in [0.15, 0.2) is 0 Å². The molecular formula is C15H18FN5O6. The lowest BCUT2D eigenvalue weighted by molar-refractivity contribution is -0.152. The summed E-state index contributed by atoms with van der Waals surface area (Å²) in [5, 5.41) is 27.0. The molecule has 2 aromatic rings. The fraction of sp³-hybridized carbons (Fsp3) is 0.467. The van der Waals surface area contributed by atoms with Gasteiger partial charge in [0, 0.05) is 13.2 Å². The maximum Gasteiger partial charge on any atom is 0.328 e. The van der Waals surface area contributed by atoms with E-state index in [1.807, 2.05) is 0 Å². The molecule has 3 heterocycles. The Hall–Kier alpha value is -2.83. The van der Waals surface area contributed by atoms with Crippen molar-refractivity contribution in [3.63, 3.8) is 0 Å². The van der Waals surface area contributed by atoms with Crippen LogP contribution in [0.3, 0.4) is 0 Å². The molecule has 1 fully saturated rings. The first-order valence-corrected chi connectivity index (χ1v) is 8.04. The van der Waals surface area contributed by atoms with E-state index in [4.69, 9.17) is 4.74 Å². The molecule has 1 aliphatic rings. The molecule has 0 spiro atoms. The number of hydrogen-bond donors (Lipinski definition) is 4. The minimum absolute atomic E-state index is 0.136. The molecule has 4 atom stereocenters. The predicted molar refractivity (Wildman–Crippen MR) is 87.5 cm³/mol. The standard InChI is InChI=1S/C15H18FN5O6/c1-20-3-2-8(19-20)14(25)17-9-6-27-10(12(23)11(9)22)5-21-4-7(16)13(24)18-15(21)26/h2-4,9-12,22-23H,5-6H2,1H3,(H,17,25)(H,18,24,26)/t9-,10-,11+,12-/m1/s1. The van der Waals surface area contributed by atoms with Crippen LogP contribution in [0.5, 0.6) is 0 Å². The number of ether oxygens (including phenoxy) is 1. The number of rotatable bonds is 4. The molecule has 1 saturated heterocycles. The Morgan fingerprint density at radius 3 is 2.85 bits per heavy atom. The van der Waals surface area contributed by atoms with Gasteiger partial charge in [0.1, 0.15) is 24.0 Å². The SMILES string of the molecule is Cn1ccc(C(=O)N[C@@H]2CO[C@H](Cn3cc(F)c(=O)[nH]c3=O)[C@@H](O)[C@H]2O)n1. The molecule has 1 aliphatic heterocycles. The second-order valence-electron chi connectivity index (χ2n) is 6.20. The highest BCUT2D eigenvalue weighted by Crippen LogP contribution is 2.17. The number of aryl methyl sites for hydroxylation is 1. The summed E-state index contributed by atoms with van der Waals surface area (Å²) in [6, 6.07) is 0.580. The van der Waals surface area contributed by atoms with Crippen LogP contribution in [0.1, 0.15) is 10.5 Å². The van der Waals surface area contributed by atoms with Crippen LogP contribution in [0, 0.1) is 5.82 Å². The molecule has 4 N–H and O–H groups in total. The van der Waals surface area contributed by atoms with E-state index in [0.717, 1.165) is 4.57 Å². The van der Waals surface area contributed by atoms with Gasteiger partial charge in [-0.3, -0.25) is 23.8 Å². The number of H-pyrrole nitrogens is 1. The number of aliphatic hydroxyl groups is 2. The van der Waals surface area contributed by atoms with Crippen molar-refractivity contribution in [3.8, 4) is 0 Å². The van der Waals surface area contributed by atoms with Gasteiger partial charge in [0.25, 0.3) is 11.5 Å². The zero-order valence-electron chi connectivity index (χ0n) is 14.2. The predicted octanol–water partition coefficient (Wildman–Crippen LogP) is -2.67. The molecule has 2 aromatic heterocycles. The van der Waals surface area contributed by atoms with Crippen LogP contribution in [0.25, 0.3) is 0 Å². The van der Waals surface area contributed by atoms with E-state index >= 15 is 0 Å². The number of carbonyl (C=O) groups is 1. The largest absolute Gasteiger partial charge is 0.388 e. The van der Waals surface area contributed by atoms with Crippen molar-refractivity contribution in [1.29, 1.82) is 0 Å². The molecule has 11 nitrogen and oxygen atoms in total. The van der Waals surface area contributed by atoms with E-state index in [1.165, 1.54) is 10.7 Å². The molecule has 1 amide bonds. The second kappa shape index (κ2) is 7.42. The fourth-order valence-electron chi connectivity index (χ4n) is 2.76. The molecule has 27 heavy (non-hydrogen) atoms. The van der Waals surface area contributed by atoms with Gasteiger partial charge in [-0.15, -0.1) is 0 Å². The monoisotopic (exact) mass is 383 g/mol. The molecule has 0 saturated carbocycles. The van der Waals surface area contributed by atoms with Crippen LogP contribution >= 0.6 is 0 Å². The van der Waals surface area contributed by atoms with Crippen LogP contribution in [-0.2, 0) is 18.3 Å². The number of aromatic amines is 1. The van der Waals surface area contributed by atoms with Crippen molar-refractivity contribution in [3.05, 3.63) is 50.8 Å². The number of halogens is 1. The van der Waals surface area contributed by atoms with E-state index in [1.54, 1.807) is 18.2 Å². The van der Waals surface area contributed by atoms with Gasteiger partial charge in [-0.05, 0) is 6.07 Å². The highest BCUT2D eigenvalue weighted by atomic mass is 19.1. The molecule has 0 aromatic carbocycles. The first-order valence-electron chi connectivity index (χ1n) is 8.04. The topological polar surface area (TPSA) is 151 Å². The van der Waals surface area contributed by atoms with Crippen LogP contribution < -0.4 is 16.6 Å². The Bertz CT molecular complexity index is 953. The van der Waals surface area contributed by atoms with Crippen molar-refractivity contribution in [2.45, 2.75) is 30.9 Å². The summed E-state index contributed by atoms with van der Waals surface area (Å²) >= 11 is 0. The molecule has 0 bridgehead atoms. The summed E-state index contributed by atoms with van der Waals surface area (Å²) in [7, 11) is 1.64. The van der Waals surface area contributed by atoms with E-state index in [9.17, 15) is 29.0 Å². The summed E-state index contributed by atoms with van der Waals surface area (Å²) in [5.74, 6) is -1.71. The van der Waals surface area contributed by atoms with Crippen LogP contribution in [0.4, 0.5) is 4.39 Å². The smallest absolute Gasteiger partial charge is 0.328 e. The summed E-state index contributed by atoms with van der Waals surface area (Å²) in [4.78, 5) is 36.6. The van der Waals surface area contributed by atoms with Crippen molar-refractivity contribution in [1.82, 2.24) is 24.6 Å². The van der Waals surface area contributed by atoms with E-state index in [-0.39, 0.29) is 18.8 Å². The maximum atomic E-state index is 13.3. The van der Waals surface area contributed by atoms with Crippen molar-refractivity contribution in [2.75, 3.05) is 6.61 Å². The third-order valence-corrected chi connectivity index (χ3v) is 4.24. The molecule has 146 valence electrons. The van der Waals surface area contributed by atoms with Gasteiger partial charge in [0.05, 0.1) is 25.4 Å². The van der Waals surface area contributed by atoms with Crippen LogP contribution in [0.2, 0.25) is 0 Å². The van der Waals surface area contributed by atoms with Gasteiger partial charge in [-0.2, -0.15) is 9.49 Å². The van der Waals surface area contributed by atoms with E-state index in [0.29, 0.717) is 6.20 Å². The molecule has 3 rings (SSSR count). The van der Waals surface area contributed by atoms with E-state index < -0.39 is 47.3 Å². The summed E-state index contributed by atoms with van der Waals surface area (Å²) in [6.45, 7) is -0.451. The number of aliphatic hydroxyl groups excluding tert-OH is 2. The molecule has 0 radical (unpaired) electrons. The maximum absolute atomic E-state index is 13.3. The third-order valence-electron chi connectivity index (χ3n) is 4.24. The zero-order valence-corrected chi connectivity index (χ0v) is 14.2. The average molecular weight is 383 g/mol. The zero-order chi connectivity index (χ0) is 19.7. The Labute approximate surface area is 151 Å². The Balaban J connectivity index is 1.66. The van der Waals surface area contributed by atoms with Crippen molar-refractivity contribution in [2.24, 2.45) is 7.05 Å². The molecule has 0 aliphatic carbocycles. The number of hydrogen-bond acceptors (Lipinski definition) is 7. The molecular weight excluding hydrogens is 365 g/mol. The number of nitrogens with one attached hydrogen (secondary N) is 2. The summed E-state index contributed by atoms with van der Waals surface area (Å²) in [6.07, 6.45) is -1.63. The van der Waals surface area contributed by atoms with E-state index in [2.05, 4.69) is 10.4 Å². The first-order chi connectivity index (χ1) is 12.8. The van der Waals surface area contributed by atoms with Gasteiger partial charge < -0.3 is 20.3 Å². The number of amides is 1. The van der Waals surface area contributed by atoms with Gasteiger partial charge >= 0.3 is 5.69 Å². The fourth-order valence-corrected chi connectivity index (χ4v) is 2.76. The number of aromatic nitrogens is 4. The van der Waals surface area contributed by atoms with Crippen molar-refractivity contribution < 1.29 is 24.1 Å². The lowest BCUT2D eigenvalue weighted by atomic mass is 9.97. The molecule has 0 unspecified atom stereocenters. The minimum atomic E-state index is -1.46. The highest BCUT2D eigenvalue weighted by molar-refractivity contribution is 5.92. The van der Waals surface area contributed by atoms with Gasteiger partial charge in [-0.1, -0.05) is 0 Å². The lowest BCUT2D eigenvalue weighted by Gasteiger charge is -2.37. The Morgan fingerprint density at radius 2 is 2.19 bits per heavy atom. The average Bonchev–Trinajstić information content (AvgIpc) is 3.05. The summed E-state index contributed by atoms with van der Waals surface area (Å²) < 4.78 is 21.0. The lowest BCUT2D eigenvalue weighted by Crippen LogP contribution is -2.60. The van der Waals surface area contributed by atoms with Crippen molar-refractivity contribution >= 4 is 5.91 Å². The van der Waals surface area contributed by atoms with Gasteiger partial charge in [-0.25, -0.2) is 4.79 Å². The van der Waals surface area contributed by atoms with Crippen LogP contribution in [-0.4, -0.2) is 66.4 Å². The minimum Gasteiger partial charge on any atom is -0.388 e. The first kappa shape index (κ1) is 18.9.